The van der Waals surface area contributed by atoms with E-state index in [-0.39, 0.29) is 29.5 Å². The molecular weight excluding hydrogens is 618 g/mol. The highest BCUT2D eigenvalue weighted by Gasteiger charge is 2.48. The maximum absolute atomic E-state index is 12.0. The fourth-order valence-corrected chi connectivity index (χ4v) is 8.34. The molecule has 9 nitrogen and oxygen atoms in total. The van der Waals surface area contributed by atoms with Crippen molar-refractivity contribution in [3.05, 3.63) is 95.1 Å². The molecule has 5 N–H and O–H groups in total. The number of phenols is 1. The normalized spacial score (nSPS) is 24.7. The molecule has 4 aliphatic rings. The van der Waals surface area contributed by atoms with Crippen molar-refractivity contribution in [2.75, 3.05) is 51.3 Å². The van der Waals surface area contributed by atoms with Crippen LogP contribution in [0, 0.1) is 11.8 Å². The summed E-state index contributed by atoms with van der Waals surface area (Å²) < 4.78 is 14.0. The zero-order valence-electron chi connectivity index (χ0n) is 28.8. The van der Waals surface area contributed by atoms with Crippen LogP contribution in [0.25, 0.3) is 0 Å². The van der Waals surface area contributed by atoms with Crippen LogP contribution in [0.5, 0.6) is 5.75 Å². The molecule has 1 aliphatic carbocycles. The van der Waals surface area contributed by atoms with Crippen LogP contribution in [0.15, 0.2) is 72.8 Å². The van der Waals surface area contributed by atoms with E-state index in [2.05, 4.69) is 54.0 Å². The summed E-state index contributed by atoms with van der Waals surface area (Å²) in [7, 11) is 0. The zero-order chi connectivity index (χ0) is 34.3. The first-order valence-electron chi connectivity index (χ1n) is 18.1. The van der Waals surface area contributed by atoms with Crippen molar-refractivity contribution < 1.29 is 34.1 Å². The Morgan fingerprint density at radius 2 is 1.69 bits per heavy atom. The average Bonchev–Trinajstić information content (AvgIpc) is 3.70. The second kappa shape index (κ2) is 16.1. The van der Waals surface area contributed by atoms with Crippen LogP contribution < -0.4 is 10.6 Å². The van der Waals surface area contributed by atoms with Gasteiger partial charge in [0.25, 0.3) is 0 Å². The number of nitrogens with zero attached hydrogens (tertiary/aromatic N) is 1. The van der Waals surface area contributed by atoms with E-state index in [1.807, 2.05) is 18.2 Å². The first kappa shape index (κ1) is 35.5. The van der Waals surface area contributed by atoms with Gasteiger partial charge in [-0.25, -0.2) is 0 Å². The van der Waals surface area contributed by atoms with Crippen LogP contribution in [-0.4, -0.2) is 78.3 Å². The van der Waals surface area contributed by atoms with E-state index in [9.17, 15) is 20.1 Å². The summed E-state index contributed by atoms with van der Waals surface area (Å²) >= 11 is 0. The van der Waals surface area contributed by atoms with Gasteiger partial charge in [0, 0.05) is 31.3 Å². The van der Waals surface area contributed by atoms with Crippen LogP contribution in [0.4, 0.5) is 5.69 Å². The minimum Gasteiger partial charge on any atom is -0.506 e. The molecule has 4 fully saturated rings. The maximum Gasteiger partial charge on any atom is 0.211 e. The number of aromatic hydroxyl groups is 1. The van der Waals surface area contributed by atoms with E-state index in [0.29, 0.717) is 44.3 Å². The quantitative estimate of drug-likeness (QED) is 0.0551. The number of fused-ring (bicyclic) bond motifs is 3. The number of quaternary nitrogens is 1. The third-order valence-corrected chi connectivity index (χ3v) is 11.6. The third-order valence-electron chi connectivity index (χ3n) is 11.6. The van der Waals surface area contributed by atoms with Gasteiger partial charge in [0.2, 0.25) is 6.41 Å². The van der Waals surface area contributed by atoms with E-state index in [4.69, 9.17) is 9.47 Å². The molecule has 3 aliphatic heterocycles. The predicted octanol–water partition coefficient (Wildman–Crippen LogP) is 5.56. The fourth-order valence-electron chi connectivity index (χ4n) is 8.34. The molecule has 3 heterocycles. The SMILES string of the molecule is C[C@H](NC[C@H](O)c1ccc(O)c(NC=O)c1)c1ccc(COCC[N+]23CCC(CC2)[C@@H](OCC(O)(c2ccccc2)C2CCCC2)C3)cc1. The van der Waals surface area contributed by atoms with Crippen molar-refractivity contribution in [3.8, 4) is 5.75 Å². The summed E-state index contributed by atoms with van der Waals surface area (Å²) in [6.07, 6.45) is 6.74. The maximum atomic E-state index is 12.0. The van der Waals surface area contributed by atoms with Gasteiger partial charge in [-0.05, 0) is 60.1 Å². The molecule has 1 amide bonds. The highest BCUT2D eigenvalue weighted by atomic mass is 16.5. The number of aliphatic hydroxyl groups is 2. The van der Waals surface area contributed by atoms with Gasteiger partial charge in [0.1, 0.15) is 30.5 Å². The number of anilines is 1. The molecule has 1 unspecified atom stereocenters. The number of piperidine rings is 3. The van der Waals surface area contributed by atoms with Crippen molar-refractivity contribution in [2.24, 2.45) is 11.8 Å². The minimum atomic E-state index is -0.920. The Hall–Kier alpha value is -3.31. The lowest BCUT2D eigenvalue weighted by atomic mass is 9.80. The average molecular weight is 673 g/mol. The fraction of sp³-hybridized carbons (Fsp3) is 0.525. The summed E-state index contributed by atoms with van der Waals surface area (Å²) in [6.45, 7) is 8.35. The Morgan fingerprint density at radius 1 is 0.980 bits per heavy atom. The molecule has 7 rings (SSSR count). The van der Waals surface area contributed by atoms with Crippen LogP contribution in [0.3, 0.4) is 0 Å². The summed E-state index contributed by atoms with van der Waals surface area (Å²) in [6, 6.07) is 23.3. The van der Waals surface area contributed by atoms with E-state index in [0.717, 1.165) is 47.1 Å². The smallest absolute Gasteiger partial charge is 0.211 e. The van der Waals surface area contributed by atoms with Gasteiger partial charge in [-0.15, -0.1) is 0 Å². The number of hydrogen-bond donors (Lipinski definition) is 5. The van der Waals surface area contributed by atoms with Gasteiger partial charge in [-0.2, -0.15) is 0 Å². The Labute approximate surface area is 290 Å². The van der Waals surface area contributed by atoms with Crippen LogP contribution in [0.2, 0.25) is 0 Å². The first-order chi connectivity index (χ1) is 23.8. The second-order valence-electron chi connectivity index (χ2n) is 14.6. The zero-order valence-corrected chi connectivity index (χ0v) is 28.8. The Balaban J connectivity index is 0.949. The van der Waals surface area contributed by atoms with Gasteiger partial charge in [0.15, 0.2) is 0 Å². The van der Waals surface area contributed by atoms with Gasteiger partial charge < -0.3 is 39.9 Å². The van der Waals surface area contributed by atoms with Crippen LogP contribution in [0.1, 0.15) is 79.8 Å². The number of carbonyl (C=O) groups excluding carboxylic acids is 1. The number of rotatable bonds is 17. The van der Waals surface area contributed by atoms with Gasteiger partial charge >= 0.3 is 0 Å². The number of phenolic OH excluding ortho intramolecular Hbond substituents is 1. The predicted molar refractivity (Wildman–Crippen MR) is 190 cm³/mol. The van der Waals surface area contributed by atoms with Crippen LogP contribution in [-0.2, 0) is 26.5 Å². The van der Waals surface area contributed by atoms with E-state index < -0.39 is 11.7 Å². The molecule has 49 heavy (non-hydrogen) atoms. The Morgan fingerprint density at radius 3 is 2.41 bits per heavy atom. The Kier molecular flexibility index (Phi) is 11.7. The lowest BCUT2D eigenvalue weighted by molar-refractivity contribution is -0.946. The van der Waals surface area contributed by atoms with Gasteiger partial charge in [0.05, 0.1) is 44.7 Å². The largest absolute Gasteiger partial charge is 0.506 e. The molecule has 0 radical (unpaired) electrons. The first-order valence-corrected chi connectivity index (χ1v) is 18.1. The van der Waals surface area contributed by atoms with Crippen molar-refractivity contribution in [1.82, 2.24) is 5.32 Å². The van der Waals surface area contributed by atoms with Crippen molar-refractivity contribution in [1.29, 1.82) is 0 Å². The minimum absolute atomic E-state index is 0.0177. The molecule has 9 heteroatoms. The summed E-state index contributed by atoms with van der Waals surface area (Å²) in [5, 5.41) is 38.4. The lowest BCUT2D eigenvalue weighted by Crippen LogP contribution is -2.65. The van der Waals surface area contributed by atoms with Crippen molar-refractivity contribution >= 4 is 12.1 Å². The van der Waals surface area contributed by atoms with Gasteiger partial charge in [-0.3, -0.25) is 4.79 Å². The molecule has 3 aromatic rings. The number of hydrogen-bond acceptors (Lipinski definition) is 7. The molecule has 3 aromatic carbocycles. The molecule has 0 spiro atoms. The number of benzene rings is 3. The molecule has 2 bridgehead atoms. The molecule has 1 saturated carbocycles. The van der Waals surface area contributed by atoms with E-state index in [1.165, 1.54) is 44.8 Å². The molecule has 4 atom stereocenters. The number of carbonyl (C=O) groups is 1. The number of amides is 1. The second-order valence-corrected chi connectivity index (χ2v) is 14.6. The van der Waals surface area contributed by atoms with Gasteiger partial charge in [-0.1, -0.05) is 73.5 Å². The van der Waals surface area contributed by atoms with Crippen molar-refractivity contribution in [3.63, 3.8) is 0 Å². The van der Waals surface area contributed by atoms with E-state index in [1.54, 1.807) is 12.1 Å². The molecule has 264 valence electrons. The summed E-state index contributed by atoms with van der Waals surface area (Å²) in [5.41, 5.74) is 3.18. The number of nitrogens with one attached hydrogen (secondary N) is 2. The highest BCUT2D eigenvalue weighted by Crippen LogP contribution is 2.42. The molecule has 3 saturated heterocycles. The lowest BCUT2D eigenvalue weighted by Gasteiger charge is -2.52. The third kappa shape index (κ3) is 8.53. The Bertz CT molecular complexity index is 1490. The summed E-state index contributed by atoms with van der Waals surface area (Å²) in [5.74, 6) is 0.790. The van der Waals surface area contributed by atoms with Crippen LogP contribution >= 0.6 is 0 Å². The molecular formula is C40H54N3O6+. The standard InChI is InChI=1S/C40H53N3O6/c1-29(41-24-38(46)33-15-16-37(45)36(23-33)42-28-44)31-13-11-30(12-14-31)26-48-22-21-43-19-17-32(18-20-43)39(25-43)49-27-40(47,35-9-5-6-10-35)34-7-3-2-4-8-34/h2-4,7-8,11-16,23,28-29,32,35,38-39,41,46-47H,5-6,9-10,17-22,24-27H2,1H3,(H-,42,44,45)/p+1/t29-,32?,38-,39-,40?,43?/m0/s1. The van der Waals surface area contributed by atoms with E-state index >= 15 is 0 Å². The van der Waals surface area contributed by atoms with Crippen molar-refractivity contribution in [2.45, 2.75) is 75.9 Å². The number of aliphatic hydroxyl groups excluding tert-OH is 1. The highest BCUT2D eigenvalue weighted by molar-refractivity contribution is 5.75. The monoisotopic (exact) mass is 672 g/mol. The molecule has 0 aromatic heterocycles. The topological polar surface area (TPSA) is 120 Å². The summed E-state index contributed by atoms with van der Waals surface area (Å²) in [4.78, 5) is 10.8. The number of ether oxygens (including phenoxy) is 2.